The van der Waals surface area contributed by atoms with E-state index < -0.39 is 0 Å². The van der Waals surface area contributed by atoms with Crippen molar-refractivity contribution in [3.05, 3.63) is 45.1 Å². The zero-order valence-electron chi connectivity index (χ0n) is 10.9. The first-order chi connectivity index (χ1) is 10.0. The van der Waals surface area contributed by atoms with E-state index >= 15 is 0 Å². The van der Waals surface area contributed by atoms with E-state index in [1.807, 2.05) is 10.9 Å². The molecular weight excluding hydrogens is 395 g/mol. The fourth-order valence-corrected chi connectivity index (χ4v) is 2.66. The van der Waals surface area contributed by atoms with E-state index in [2.05, 4.69) is 31.7 Å². The quantitative estimate of drug-likeness (QED) is 0.571. The minimum Gasteiger partial charge on any atom is -0.362 e. The van der Waals surface area contributed by atoms with Gasteiger partial charge in [-0.3, -0.25) is 4.68 Å². The van der Waals surface area contributed by atoms with E-state index in [-0.39, 0.29) is 0 Å². The van der Waals surface area contributed by atoms with Gasteiger partial charge in [-0.25, -0.2) is 0 Å². The average Bonchev–Trinajstić information content (AvgIpc) is 2.84. The molecule has 2 aromatic rings. The van der Waals surface area contributed by atoms with Gasteiger partial charge in [0.2, 0.25) is 0 Å². The first-order valence-corrected chi connectivity index (χ1v) is 8.18. The summed E-state index contributed by atoms with van der Waals surface area (Å²) >= 11 is 20.5. The van der Waals surface area contributed by atoms with Gasteiger partial charge in [0, 0.05) is 24.3 Å². The summed E-state index contributed by atoms with van der Waals surface area (Å²) in [4.78, 5) is 0. The third-order valence-electron chi connectivity index (χ3n) is 2.63. The molecule has 0 saturated heterocycles. The lowest BCUT2D eigenvalue weighted by Crippen LogP contribution is -2.29. The summed E-state index contributed by atoms with van der Waals surface area (Å²) in [5, 5.41) is 12.0. The molecule has 8 heteroatoms. The summed E-state index contributed by atoms with van der Waals surface area (Å²) in [6, 6.07) is 5.22. The molecule has 0 aliphatic heterocycles. The number of aromatic nitrogens is 2. The van der Waals surface area contributed by atoms with Crippen molar-refractivity contribution in [2.24, 2.45) is 0 Å². The van der Waals surface area contributed by atoms with Gasteiger partial charge in [0.05, 0.1) is 21.4 Å². The van der Waals surface area contributed by atoms with Crippen LogP contribution in [0.15, 0.2) is 35.1 Å². The summed E-state index contributed by atoms with van der Waals surface area (Å²) in [6.45, 7) is 1.57. The van der Waals surface area contributed by atoms with Gasteiger partial charge in [0.15, 0.2) is 5.11 Å². The highest BCUT2D eigenvalue weighted by molar-refractivity contribution is 9.10. The van der Waals surface area contributed by atoms with E-state index in [0.29, 0.717) is 15.2 Å². The Bertz CT molecular complexity index is 632. The van der Waals surface area contributed by atoms with Crippen molar-refractivity contribution < 1.29 is 0 Å². The second-order valence-electron chi connectivity index (χ2n) is 4.28. The average molecular weight is 408 g/mol. The van der Waals surface area contributed by atoms with Gasteiger partial charge in [-0.05, 0) is 52.8 Å². The normalized spacial score (nSPS) is 10.4. The SMILES string of the molecule is S=C(NCCCn1cc(Br)cn1)Nc1ccc(Cl)cc1Cl. The molecule has 1 aromatic carbocycles. The molecule has 0 amide bonds. The van der Waals surface area contributed by atoms with Crippen molar-refractivity contribution in [1.29, 1.82) is 0 Å². The molecule has 0 aliphatic rings. The Morgan fingerprint density at radius 3 is 2.86 bits per heavy atom. The standard InChI is InChI=1S/C13H13BrCl2N4S/c14-9-7-18-20(8-9)5-1-4-17-13(21)19-12-3-2-10(15)6-11(12)16/h2-3,6-8H,1,4-5H2,(H2,17,19,21). The highest BCUT2D eigenvalue weighted by Gasteiger charge is 2.03. The van der Waals surface area contributed by atoms with Gasteiger partial charge >= 0.3 is 0 Å². The minimum absolute atomic E-state index is 0.529. The molecule has 0 atom stereocenters. The second-order valence-corrected chi connectivity index (χ2v) is 6.45. The molecule has 0 fully saturated rings. The molecule has 0 aliphatic carbocycles. The maximum atomic E-state index is 6.07. The van der Waals surface area contributed by atoms with Crippen molar-refractivity contribution in [3.63, 3.8) is 0 Å². The summed E-state index contributed by atoms with van der Waals surface area (Å²) in [6.07, 6.45) is 4.61. The Balaban J connectivity index is 1.72. The number of nitrogens with one attached hydrogen (secondary N) is 2. The van der Waals surface area contributed by atoms with E-state index in [0.717, 1.165) is 29.7 Å². The van der Waals surface area contributed by atoms with Crippen LogP contribution >= 0.6 is 51.3 Å². The third kappa shape index (κ3) is 5.47. The fraction of sp³-hybridized carbons (Fsp3) is 0.231. The highest BCUT2D eigenvalue weighted by Crippen LogP contribution is 2.25. The van der Waals surface area contributed by atoms with Crippen LogP contribution in [0.2, 0.25) is 10.0 Å². The molecule has 1 heterocycles. The summed E-state index contributed by atoms with van der Waals surface area (Å²) in [7, 11) is 0. The molecule has 4 nitrogen and oxygen atoms in total. The van der Waals surface area contributed by atoms with Crippen molar-refractivity contribution in [2.45, 2.75) is 13.0 Å². The van der Waals surface area contributed by atoms with E-state index in [9.17, 15) is 0 Å². The smallest absolute Gasteiger partial charge is 0.170 e. The van der Waals surface area contributed by atoms with Gasteiger partial charge in [0.25, 0.3) is 0 Å². The second kappa shape index (κ2) is 7.98. The summed E-state index contributed by atoms with van der Waals surface area (Å²) in [5.74, 6) is 0. The van der Waals surface area contributed by atoms with Gasteiger partial charge < -0.3 is 10.6 Å². The van der Waals surface area contributed by atoms with Crippen LogP contribution in [0.3, 0.4) is 0 Å². The maximum Gasteiger partial charge on any atom is 0.170 e. The largest absolute Gasteiger partial charge is 0.362 e. The number of rotatable bonds is 5. The van der Waals surface area contributed by atoms with E-state index in [1.165, 1.54) is 0 Å². The van der Waals surface area contributed by atoms with E-state index in [4.69, 9.17) is 35.4 Å². The Morgan fingerprint density at radius 2 is 2.19 bits per heavy atom. The van der Waals surface area contributed by atoms with Crippen LogP contribution < -0.4 is 10.6 Å². The summed E-state index contributed by atoms with van der Waals surface area (Å²) < 4.78 is 2.85. The van der Waals surface area contributed by atoms with Crippen LogP contribution in [0.1, 0.15) is 6.42 Å². The molecule has 112 valence electrons. The Morgan fingerprint density at radius 1 is 1.38 bits per heavy atom. The van der Waals surface area contributed by atoms with Crippen LogP contribution in [0.5, 0.6) is 0 Å². The van der Waals surface area contributed by atoms with Crippen molar-refractivity contribution in [1.82, 2.24) is 15.1 Å². The molecule has 1 aromatic heterocycles. The van der Waals surface area contributed by atoms with Gasteiger partial charge in [0.1, 0.15) is 0 Å². The lowest BCUT2D eigenvalue weighted by molar-refractivity contribution is 0.573. The van der Waals surface area contributed by atoms with Crippen molar-refractivity contribution in [2.75, 3.05) is 11.9 Å². The molecule has 2 N–H and O–H groups in total. The van der Waals surface area contributed by atoms with Crippen molar-refractivity contribution >= 4 is 62.1 Å². The van der Waals surface area contributed by atoms with Crippen LogP contribution in [-0.2, 0) is 6.54 Å². The molecule has 21 heavy (non-hydrogen) atoms. The Labute approximate surface area is 146 Å². The van der Waals surface area contributed by atoms with Gasteiger partial charge in [-0.1, -0.05) is 23.2 Å². The number of hydrogen-bond acceptors (Lipinski definition) is 2. The number of aryl methyl sites for hydroxylation is 1. The first-order valence-electron chi connectivity index (χ1n) is 6.22. The predicted molar refractivity (Wildman–Crippen MR) is 95.2 cm³/mol. The minimum atomic E-state index is 0.529. The van der Waals surface area contributed by atoms with Crippen LogP contribution in [0, 0.1) is 0 Å². The van der Waals surface area contributed by atoms with E-state index in [1.54, 1.807) is 24.4 Å². The fourth-order valence-electron chi connectivity index (χ4n) is 1.66. The topological polar surface area (TPSA) is 41.9 Å². The molecule has 0 unspecified atom stereocenters. The summed E-state index contributed by atoms with van der Waals surface area (Å²) in [5.41, 5.74) is 0.731. The molecule has 0 bridgehead atoms. The van der Waals surface area contributed by atoms with Crippen LogP contribution in [0.25, 0.3) is 0 Å². The Kier molecular flexibility index (Phi) is 6.29. The van der Waals surface area contributed by atoms with Crippen LogP contribution in [-0.4, -0.2) is 21.4 Å². The van der Waals surface area contributed by atoms with Crippen molar-refractivity contribution in [3.8, 4) is 0 Å². The third-order valence-corrected chi connectivity index (χ3v) is 3.83. The number of hydrogen-bond donors (Lipinski definition) is 2. The number of anilines is 1. The molecule has 0 spiro atoms. The van der Waals surface area contributed by atoms with Gasteiger partial charge in [-0.15, -0.1) is 0 Å². The van der Waals surface area contributed by atoms with Crippen LogP contribution in [0.4, 0.5) is 5.69 Å². The molecule has 2 rings (SSSR count). The molecule has 0 radical (unpaired) electrons. The van der Waals surface area contributed by atoms with Gasteiger partial charge in [-0.2, -0.15) is 5.10 Å². The zero-order chi connectivity index (χ0) is 15.2. The molecular formula is C13H13BrCl2N4S. The number of halogens is 3. The monoisotopic (exact) mass is 406 g/mol. The zero-order valence-corrected chi connectivity index (χ0v) is 14.9. The Hall–Kier alpha value is -0.820. The lowest BCUT2D eigenvalue weighted by atomic mass is 10.3. The molecule has 0 saturated carbocycles. The number of thiocarbonyl (C=S) groups is 1. The first kappa shape index (κ1) is 16.5. The number of benzene rings is 1. The number of nitrogens with zero attached hydrogens (tertiary/aromatic N) is 2. The maximum absolute atomic E-state index is 6.07. The lowest BCUT2D eigenvalue weighted by Gasteiger charge is -2.11. The highest BCUT2D eigenvalue weighted by atomic mass is 79.9. The predicted octanol–water partition coefficient (Wildman–Crippen LogP) is 4.33.